The van der Waals surface area contributed by atoms with E-state index in [0.29, 0.717) is 23.0 Å². The second-order valence-electron chi connectivity index (χ2n) is 6.70. The summed E-state index contributed by atoms with van der Waals surface area (Å²) in [6, 6.07) is 7.02. The van der Waals surface area contributed by atoms with Crippen LogP contribution in [-0.4, -0.2) is 37.6 Å². The number of methoxy groups -OCH3 is 1. The van der Waals surface area contributed by atoms with Crippen molar-refractivity contribution >= 4 is 5.91 Å². The molecule has 1 aromatic rings. The van der Waals surface area contributed by atoms with E-state index < -0.39 is 0 Å². The summed E-state index contributed by atoms with van der Waals surface area (Å²) in [5, 5.41) is 8.92. The first kappa shape index (κ1) is 16.6. The van der Waals surface area contributed by atoms with E-state index in [-0.39, 0.29) is 12.5 Å². The van der Waals surface area contributed by atoms with Crippen molar-refractivity contribution in [2.45, 2.75) is 32.1 Å². The van der Waals surface area contributed by atoms with Gasteiger partial charge in [0.1, 0.15) is 0 Å². The minimum absolute atomic E-state index is 0.0135. The first-order valence-corrected chi connectivity index (χ1v) is 8.70. The van der Waals surface area contributed by atoms with Crippen molar-refractivity contribution in [2.24, 2.45) is 11.8 Å². The van der Waals surface area contributed by atoms with Crippen LogP contribution in [0, 0.1) is 23.2 Å². The van der Waals surface area contributed by atoms with Crippen LogP contribution in [0.2, 0.25) is 0 Å². The first-order chi connectivity index (χ1) is 11.7. The zero-order valence-corrected chi connectivity index (χ0v) is 14.2. The third-order valence-corrected chi connectivity index (χ3v) is 5.29. The van der Waals surface area contributed by atoms with Gasteiger partial charge >= 0.3 is 0 Å². The molecule has 0 unspecified atom stereocenters. The molecule has 3 rings (SSSR count). The summed E-state index contributed by atoms with van der Waals surface area (Å²) in [6.07, 6.45) is 6.33. The van der Waals surface area contributed by atoms with Crippen molar-refractivity contribution in [3.63, 3.8) is 0 Å². The average Bonchev–Trinajstić information content (AvgIpc) is 2.65. The predicted octanol–water partition coefficient (Wildman–Crippen LogP) is 2.98. The number of nitrogens with zero attached hydrogens (tertiary/aromatic N) is 2. The van der Waals surface area contributed by atoms with E-state index in [1.165, 1.54) is 32.8 Å². The summed E-state index contributed by atoms with van der Waals surface area (Å²) in [5.74, 6) is 2.49. The Morgan fingerprint density at radius 1 is 1.25 bits per heavy atom. The molecule has 2 fully saturated rings. The molecule has 128 valence electrons. The van der Waals surface area contributed by atoms with E-state index >= 15 is 0 Å². The number of ether oxygens (including phenoxy) is 2. The number of rotatable bonds is 4. The molecule has 0 N–H and O–H groups in total. The topological polar surface area (TPSA) is 62.6 Å². The molecule has 1 saturated carbocycles. The summed E-state index contributed by atoms with van der Waals surface area (Å²) in [6.45, 7) is 1.73. The van der Waals surface area contributed by atoms with Crippen molar-refractivity contribution in [3.05, 3.63) is 23.8 Å². The Balaban J connectivity index is 1.57. The third kappa shape index (κ3) is 3.64. The van der Waals surface area contributed by atoms with Crippen LogP contribution in [0.15, 0.2) is 18.2 Å². The van der Waals surface area contributed by atoms with Crippen LogP contribution >= 0.6 is 0 Å². The largest absolute Gasteiger partial charge is 0.493 e. The van der Waals surface area contributed by atoms with Gasteiger partial charge < -0.3 is 14.4 Å². The number of carbonyl (C=O) groups is 1. The van der Waals surface area contributed by atoms with Crippen molar-refractivity contribution in [1.82, 2.24) is 4.90 Å². The van der Waals surface area contributed by atoms with Gasteiger partial charge in [-0.2, -0.15) is 5.26 Å². The molecule has 0 spiro atoms. The lowest BCUT2D eigenvalue weighted by atomic mass is 9.75. The molecule has 0 aromatic heterocycles. The molecule has 1 aromatic carbocycles. The Bertz CT molecular complexity index is 638. The smallest absolute Gasteiger partial charge is 0.260 e. The second kappa shape index (κ2) is 7.57. The van der Waals surface area contributed by atoms with Crippen molar-refractivity contribution in [2.75, 3.05) is 26.8 Å². The first-order valence-electron chi connectivity index (χ1n) is 8.70. The van der Waals surface area contributed by atoms with Gasteiger partial charge in [-0.25, -0.2) is 0 Å². The summed E-state index contributed by atoms with van der Waals surface area (Å²) in [7, 11) is 1.53. The molecule has 1 saturated heterocycles. The predicted molar refractivity (Wildman–Crippen MR) is 89.8 cm³/mol. The monoisotopic (exact) mass is 328 g/mol. The lowest BCUT2D eigenvalue weighted by Crippen LogP contribution is -2.46. The lowest BCUT2D eigenvalue weighted by Gasteiger charge is -2.41. The number of carbonyl (C=O) groups excluding carboxylic acids is 1. The normalized spacial score (nSPS) is 23.1. The number of benzene rings is 1. The number of likely N-dealkylation sites (tertiary alicyclic amines) is 1. The molecular weight excluding hydrogens is 304 g/mol. The number of nitriles is 1. The quantitative estimate of drug-likeness (QED) is 0.852. The van der Waals surface area contributed by atoms with Crippen LogP contribution in [0.3, 0.4) is 0 Å². The van der Waals surface area contributed by atoms with Crippen LogP contribution < -0.4 is 9.47 Å². The Kier molecular flexibility index (Phi) is 5.24. The Morgan fingerprint density at radius 2 is 2.04 bits per heavy atom. The van der Waals surface area contributed by atoms with E-state index in [2.05, 4.69) is 6.07 Å². The van der Waals surface area contributed by atoms with Gasteiger partial charge in [-0.3, -0.25) is 4.79 Å². The van der Waals surface area contributed by atoms with Crippen LogP contribution in [0.1, 0.15) is 37.7 Å². The fraction of sp³-hybridized carbons (Fsp3) is 0.579. The average molecular weight is 328 g/mol. The Labute approximate surface area is 143 Å². The molecule has 24 heavy (non-hydrogen) atoms. The van der Waals surface area contributed by atoms with Crippen molar-refractivity contribution in [3.8, 4) is 17.6 Å². The fourth-order valence-electron chi connectivity index (χ4n) is 3.91. The van der Waals surface area contributed by atoms with Crippen LogP contribution in [-0.2, 0) is 4.79 Å². The van der Waals surface area contributed by atoms with Crippen molar-refractivity contribution in [1.29, 1.82) is 5.26 Å². The van der Waals surface area contributed by atoms with Gasteiger partial charge in [0.25, 0.3) is 5.91 Å². The molecule has 1 heterocycles. The maximum absolute atomic E-state index is 12.5. The number of amides is 1. The lowest BCUT2D eigenvalue weighted by molar-refractivity contribution is -0.136. The summed E-state index contributed by atoms with van der Waals surface area (Å²) >= 11 is 0. The SMILES string of the molecule is COc1cc(C#N)ccc1OCC(=O)N1CC[C@@H]2CCCC[C@H]2C1. The molecule has 5 nitrogen and oxygen atoms in total. The van der Waals surface area contributed by atoms with Crippen LogP contribution in [0.4, 0.5) is 0 Å². The summed E-state index contributed by atoms with van der Waals surface area (Å²) < 4.78 is 10.9. The molecule has 2 aliphatic rings. The highest BCUT2D eigenvalue weighted by molar-refractivity contribution is 5.78. The maximum atomic E-state index is 12.5. The van der Waals surface area contributed by atoms with Crippen molar-refractivity contribution < 1.29 is 14.3 Å². The Morgan fingerprint density at radius 3 is 2.79 bits per heavy atom. The molecule has 0 bridgehead atoms. The van der Waals surface area contributed by atoms with Gasteiger partial charge in [-0.1, -0.05) is 19.3 Å². The highest BCUT2D eigenvalue weighted by Crippen LogP contribution is 2.36. The van der Waals surface area contributed by atoms with E-state index in [0.717, 1.165) is 25.4 Å². The second-order valence-corrected chi connectivity index (χ2v) is 6.70. The van der Waals surface area contributed by atoms with Crippen LogP contribution in [0.5, 0.6) is 11.5 Å². The minimum Gasteiger partial charge on any atom is -0.493 e. The highest BCUT2D eigenvalue weighted by Gasteiger charge is 2.32. The maximum Gasteiger partial charge on any atom is 0.260 e. The summed E-state index contributed by atoms with van der Waals surface area (Å²) in [5.41, 5.74) is 0.505. The van der Waals surface area contributed by atoms with E-state index in [4.69, 9.17) is 14.7 Å². The number of hydrogen-bond acceptors (Lipinski definition) is 4. The van der Waals surface area contributed by atoms with Crippen LogP contribution in [0.25, 0.3) is 0 Å². The molecule has 1 aliphatic heterocycles. The molecule has 1 aliphatic carbocycles. The number of piperidine rings is 1. The van der Waals surface area contributed by atoms with E-state index in [9.17, 15) is 4.79 Å². The zero-order valence-electron chi connectivity index (χ0n) is 14.2. The standard InChI is InChI=1S/C19H24N2O3/c1-23-18-10-14(11-20)6-7-17(18)24-13-19(22)21-9-8-15-4-2-3-5-16(15)12-21/h6-7,10,15-16H,2-5,8-9,12-13H2,1H3/t15-,16-/m0/s1. The highest BCUT2D eigenvalue weighted by atomic mass is 16.5. The third-order valence-electron chi connectivity index (χ3n) is 5.29. The van der Waals surface area contributed by atoms with Gasteiger partial charge in [0.05, 0.1) is 18.7 Å². The molecule has 0 radical (unpaired) electrons. The molecular formula is C19H24N2O3. The Hall–Kier alpha value is -2.22. The zero-order chi connectivity index (χ0) is 16.9. The minimum atomic E-state index is 0.0135. The molecule has 5 heteroatoms. The van der Waals surface area contributed by atoms with E-state index in [1.807, 2.05) is 4.90 Å². The fourth-order valence-corrected chi connectivity index (χ4v) is 3.91. The van der Waals surface area contributed by atoms with E-state index in [1.54, 1.807) is 18.2 Å². The molecule has 1 amide bonds. The van der Waals surface area contributed by atoms with Gasteiger partial charge in [-0.05, 0) is 36.8 Å². The van der Waals surface area contributed by atoms with Gasteiger partial charge in [-0.15, -0.1) is 0 Å². The van der Waals surface area contributed by atoms with Gasteiger partial charge in [0.2, 0.25) is 0 Å². The van der Waals surface area contributed by atoms with Gasteiger partial charge in [0.15, 0.2) is 18.1 Å². The van der Waals surface area contributed by atoms with Gasteiger partial charge in [0, 0.05) is 19.2 Å². The summed E-state index contributed by atoms with van der Waals surface area (Å²) in [4.78, 5) is 14.4. The number of hydrogen-bond donors (Lipinski definition) is 0. The number of fused-ring (bicyclic) bond motifs is 1. The molecule has 2 atom stereocenters.